The highest BCUT2D eigenvalue weighted by molar-refractivity contribution is 5.98. The molecular formula is C14H16N2O3. The maximum Gasteiger partial charge on any atom is 0.164 e. The molecule has 0 saturated heterocycles. The molecule has 0 N–H and O–H groups in total. The lowest BCUT2D eigenvalue weighted by molar-refractivity contribution is 0.0973. The Morgan fingerprint density at radius 2 is 2.32 bits per heavy atom. The molecule has 0 amide bonds. The normalized spacial score (nSPS) is 14.7. The molecule has 0 bridgehead atoms. The van der Waals surface area contributed by atoms with Gasteiger partial charge in [-0.1, -0.05) is 5.16 Å². The molecule has 0 aliphatic heterocycles. The summed E-state index contributed by atoms with van der Waals surface area (Å²) in [5.41, 5.74) is 2.86. The molecule has 100 valence electrons. The number of hydrogen-bond donors (Lipinski definition) is 0. The molecule has 0 spiro atoms. The van der Waals surface area contributed by atoms with Gasteiger partial charge in [0.2, 0.25) is 0 Å². The minimum atomic E-state index is 0.250. The van der Waals surface area contributed by atoms with Gasteiger partial charge in [-0.3, -0.25) is 4.79 Å². The summed E-state index contributed by atoms with van der Waals surface area (Å²) in [6.07, 6.45) is 6.57. The molecule has 0 fully saturated rings. The van der Waals surface area contributed by atoms with Crippen LogP contribution in [0.1, 0.15) is 40.2 Å². The zero-order chi connectivity index (χ0) is 13.2. The van der Waals surface area contributed by atoms with Crippen molar-refractivity contribution in [2.45, 2.75) is 32.4 Å². The van der Waals surface area contributed by atoms with Gasteiger partial charge in [0.15, 0.2) is 11.5 Å². The molecule has 2 aromatic heterocycles. The highest BCUT2D eigenvalue weighted by atomic mass is 16.5. The minimum absolute atomic E-state index is 0.250. The largest absolute Gasteiger partial charge is 0.377 e. The molecule has 1 aliphatic rings. The number of nitrogens with zero attached hydrogens (tertiary/aromatic N) is 2. The monoisotopic (exact) mass is 260 g/mol. The Kier molecular flexibility index (Phi) is 3.21. The summed E-state index contributed by atoms with van der Waals surface area (Å²) in [6, 6.07) is 1.88. The molecule has 5 nitrogen and oxygen atoms in total. The number of ketones is 1. The van der Waals surface area contributed by atoms with E-state index in [0.29, 0.717) is 25.3 Å². The van der Waals surface area contributed by atoms with Crippen LogP contribution in [0.2, 0.25) is 0 Å². The van der Waals surface area contributed by atoms with E-state index in [9.17, 15) is 4.79 Å². The van der Waals surface area contributed by atoms with Crippen LogP contribution in [0.25, 0.3) is 0 Å². The van der Waals surface area contributed by atoms with Gasteiger partial charge in [0, 0.05) is 37.6 Å². The molecule has 3 rings (SSSR count). The maximum absolute atomic E-state index is 11.8. The fourth-order valence-corrected chi connectivity index (χ4v) is 2.50. The maximum atomic E-state index is 11.8. The SMILES string of the molecule is COCc1cc(Cn2cc3c(c2)C(=O)CCC3)no1. The fourth-order valence-electron chi connectivity index (χ4n) is 2.50. The smallest absolute Gasteiger partial charge is 0.164 e. The van der Waals surface area contributed by atoms with Gasteiger partial charge in [-0.15, -0.1) is 0 Å². The number of methoxy groups -OCH3 is 1. The topological polar surface area (TPSA) is 57.3 Å². The Hall–Kier alpha value is -1.88. The van der Waals surface area contributed by atoms with Crippen molar-refractivity contribution in [3.05, 3.63) is 41.0 Å². The Labute approximate surface area is 111 Å². The van der Waals surface area contributed by atoms with Crippen molar-refractivity contribution in [1.29, 1.82) is 0 Å². The van der Waals surface area contributed by atoms with Crippen molar-refractivity contribution in [2.75, 3.05) is 7.11 Å². The molecule has 2 aromatic rings. The average Bonchev–Trinajstić information content (AvgIpc) is 2.98. The summed E-state index contributed by atoms with van der Waals surface area (Å²) in [5, 5.41) is 3.99. The van der Waals surface area contributed by atoms with Crippen LogP contribution < -0.4 is 0 Å². The van der Waals surface area contributed by atoms with E-state index in [2.05, 4.69) is 5.16 Å². The molecule has 1 aliphatic carbocycles. The second-order valence-electron chi connectivity index (χ2n) is 4.86. The van der Waals surface area contributed by atoms with Crippen LogP contribution >= 0.6 is 0 Å². The predicted octanol–water partition coefficient (Wildman–Crippen LogP) is 2.19. The van der Waals surface area contributed by atoms with Crippen molar-refractivity contribution in [2.24, 2.45) is 0 Å². The highest BCUT2D eigenvalue weighted by Gasteiger charge is 2.19. The summed E-state index contributed by atoms with van der Waals surface area (Å²) in [5.74, 6) is 0.964. The molecule has 2 heterocycles. The van der Waals surface area contributed by atoms with Gasteiger partial charge in [-0.2, -0.15) is 0 Å². The molecule has 0 unspecified atom stereocenters. The van der Waals surface area contributed by atoms with E-state index in [1.807, 2.05) is 23.0 Å². The first-order valence-corrected chi connectivity index (χ1v) is 6.41. The number of hydrogen-bond acceptors (Lipinski definition) is 4. The molecule has 5 heteroatoms. The van der Waals surface area contributed by atoms with Crippen LogP contribution in [0.15, 0.2) is 23.0 Å². The average molecular weight is 260 g/mol. The van der Waals surface area contributed by atoms with Crippen LogP contribution in [0.3, 0.4) is 0 Å². The molecule has 0 saturated carbocycles. The number of aromatic nitrogens is 2. The summed E-state index contributed by atoms with van der Waals surface area (Å²) < 4.78 is 12.1. The Morgan fingerprint density at radius 1 is 1.42 bits per heavy atom. The number of fused-ring (bicyclic) bond motifs is 1. The second kappa shape index (κ2) is 5.01. The third kappa shape index (κ3) is 2.46. The zero-order valence-electron chi connectivity index (χ0n) is 10.9. The van der Waals surface area contributed by atoms with Gasteiger partial charge in [0.05, 0.1) is 6.54 Å². The first-order valence-electron chi connectivity index (χ1n) is 6.41. The van der Waals surface area contributed by atoms with Gasteiger partial charge in [0.25, 0.3) is 0 Å². The van der Waals surface area contributed by atoms with Gasteiger partial charge < -0.3 is 13.8 Å². The molecule has 0 aromatic carbocycles. The summed E-state index contributed by atoms with van der Waals surface area (Å²) >= 11 is 0. The lowest BCUT2D eigenvalue weighted by Crippen LogP contribution is -2.07. The molecule has 19 heavy (non-hydrogen) atoms. The first-order chi connectivity index (χ1) is 9.26. The van der Waals surface area contributed by atoms with E-state index in [4.69, 9.17) is 9.26 Å². The predicted molar refractivity (Wildman–Crippen MR) is 68.0 cm³/mol. The Morgan fingerprint density at radius 3 is 3.11 bits per heavy atom. The van der Waals surface area contributed by atoms with Gasteiger partial charge in [-0.05, 0) is 18.4 Å². The lowest BCUT2D eigenvalue weighted by atomic mass is 9.95. The third-order valence-corrected chi connectivity index (χ3v) is 3.35. The van der Waals surface area contributed by atoms with Crippen molar-refractivity contribution in [1.82, 2.24) is 9.72 Å². The van der Waals surface area contributed by atoms with Gasteiger partial charge >= 0.3 is 0 Å². The number of Topliss-reactive ketones (excluding diaryl/α,β-unsaturated/α-hetero) is 1. The van der Waals surface area contributed by atoms with Crippen molar-refractivity contribution < 1.29 is 14.1 Å². The fraction of sp³-hybridized carbons (Fsp3) is 0.429. The lowest BCUT2D eigenvalue weighted by Gasteiger charge is -2.07. The van der Waals surface area contributed by atoms with Crippen molar-refractivity contribution in [3.63, 3.8) is 0 Å². The highest BCUT2D eigenvalue weighted by Crippen LogP contribution is 2.22. The van der Waals surface area contributed by atoms with Crippen molar-refractivity contribution in [3.8, 4) is 0 Å². The number of aryl methyl sites for hydroxylation is 1. The standard InChI is InChI=1S/C14H16N2O3/c1-18-9-12-5-11(15-19-12)7-16-6-10-3-2-4-14(17)13(10)8-16/h5-6,8H,2-4,7,9H2,1H3. The van der Waals surface area contributed by atoms with Crippen LogP contribution in [0.5, 0.6) is 0 Å². The summed E-state index contributed by atoms with van der Waals surface area (Å²) in [6.45, 7) is 1.04. The van der Waals surface area contributed by atoms with Crippen LogP contribution in [0, 0.1) is 0 Å². The van der Waals surface area contributed by atoms with Gasteiger partial charge in [0.1, 0.15) is 12.3 Å². The van der Waals surface area contributed by atoms with Gasteiger partial charge in [-0.25, -0.2) is 0 Å². The Bertz CT molecular complexity index is 598. The van der Waals surface area contributed by atoms with E-state index in [1.54, 1.807) is 7.11 Å². The zero-order valence-corrected chi connectivity index (χ0v) is 10.9. The van der Waals surface area contributed by atoms with E-state index < -0.39 is 0 Å². The van der Waals surface area contributed by atoms with Crippen LogP contribution in [-0.2, 0) is 24.3 Å². The molecular weight excluding hydrogens is 244 g/mol. The quantitative estimate of drug-likeness (QED) is 0.845. The number of carbonyl (C=O) groups excluding carboxylic acids is 1. The molecule has 0 radical (unpaired) electrons. The number of rotatable bonds is 4. The minimum Gasteiger partial charge on any atom is -0.377 e. The van der Waals surface area contributed by atoms with E-state index >= 15 is 0 Å². The second-order valence-corrected chi connectivity index (χ2v) is 4.86. The summed E-state index contributed by atoms with van der Waals surface area (Å²) in [7, 11) is 1.62. The number of ether oxygens (including phenoxy) is 1. The van der Waals surface area contributed by atoms with Crippen LogP contribution in [-0.4, -0.2) is 22.6 Å². The number of carbonyl (C=O) groups is 1. The van der Waals surface area contributed by atoms with E-state index in [1.165, 1.54) is 0 Å². The Balaban J connectivity index is 1.77. The summed E-state index contributed by atoms with van der Waals surface area (Å²) in [4.78, 5) is 11.8. The first kappa shape index (κ1) is 12.2. The van der Waals surface area contributed by atoms with E-state index in [-0.39, 0.29) is 5.78 Å². The van der Waals surface area contributed by atoms with Crippen molar-refractivity contribution >= 4 is 5.78 Å². The molecule has 0 atom stereocenters. The third-order valence-electron chi connectivity index (χ3n) is 3.35. The van der Waals surface area contributed by atoms with Crippen LogP contribution in [0.4, 0.5) is 0 Å². The van der Waals surface area contributed by atoms with E-state index in [0.717, 1.165) is 29.7 Å².